The molecule has 0 aliphatic rings. The normalized spacial score (nSPS) is 11.6. The fourth-order valence-corrected chi connectivity index (χ4v) is 1.60. The van der Waals surface area contributed by atoms with Crippen LogP contribution < -0.4 is 0 Å². The van der Waals surface area contributed by atoms with Gasteiger partial charge in [0.2, 0.25) is 0 Å². The van der Waals surface area contributed by atoms with E-state index < -0.39 is 11.9 Å². The molecule has 1 rings (SSSR count). The highest BCUT2D eigenvalue weighted by Gasteiger charge is 2.23. The molecule has 0 saturated heterocycles. The van der Waals surface area contributed by atoms with Crippen molar-refractivity contribution in [2.24, 2.45) is 5.92 Å². The Balaban J connectivity index is 2.69. The SMILES string of the molecule is CCOC(=O)C(CC=O)CC(=O)c1ccccc1. The molecule has 0 aliphatic heterocycles. The Morgan fingerprint density at radius 3 is 2.50 bits per heavy atom. The Morgan fingerprint density at radius 2 is 1.94 bits per heavy atom. The van der Waals surface area contributed by atoms with Crippen molar-refractivity contribution in [3.8, 4) is 0 Å². The molecule has 1 unspecified atom stereocenters. The molecular weight excluding hydrogens is 232 g/mol. The van der Waals surface area contributed by atoms with Crippen molar-refractivity contribution in [3.63, 3.8) is 0 Å². The quantitative estimate of drug-likeness (QED) is 0.421. The first-order chi connectivity index (χ1) is 8.69. The lowest BCUT2D eigenvalue weighted by atomic mass is 9.96. The zero-order valence-electron chi connectivity index (χ0n) is 10.3. The number of hydrogen-bond acceptors (Lipinski definition) is 4. The lowest BCUT2D eigenvalue weighted by Gasteiger charge is -2.11. The van der Waals surface area contributed by atoms with Gasteiger partial charge in [-0.25, -0.2) is 0 Å². The summed E-state index contributed by atoms with van der Waals surface area (Å²) < 4.78 is 4.84. The van der Waals surface area contributed by atoms with Gasteiger partial charge in [-0.05, 0) is 6.92 Å². The number of carbonyl (C=O) groups is 3. The average molecular weight is 248 g/mol. The van der Waals surface area contributed by atoms with Crippen LogP contribution in [0.1, 0.15) is 30.1 Å². The van der Waals surface area contributed by atoms with E-state index in [2.05, 4.69) is 0 Å². The highest BCUT2D eigenvalue weighted by molar-refractivity contribution is 5.98. The first kappa shape index (κ1) is 14.1. The Hall–Kier alpha value is -1.97. The molecule has 0 N–H and O–H groups in total. The van der Waals surface area contributed by atoms with Gasteiger partial charge >= 0.3 is 5.97 Å². The molecular formula is C14H16O4. The maximum absolute atomic E-state index is 11.9. The average Bonchev–Trinajstić information content (AvgIpc) is 2.39. The molecule has 1 aromatic rings. The predicted octanol–water partition coefficient (Wildman–Crippen LogP) is 2.03. The number of ketones is 1. The number of Topliss-reactive ketones (excluding diaryl/α,β-unsaturated/α-hetero) is 1. The Kier molecular flexibility index (Phi) is 5.77. The fraction of sp³-hybridized carbons (Fsp3) is 0.357. The number of carbonyl (C=O) groups excluding carboxylic acids is 3. The molecule has 0 heterocycles. The number of rotatable bonds is 7. The standard InChI is InChI=1S/C14H16O4/c1-2-18-14(17)12(8-9-15)10-13(16)11-6-4-3-5-7-11/h3-7,9,12H,2,8,10H2,1H3. The van der Waals surface area contributed by atoms with Crippen LogP contribution in [-0.2, 0) is 14.3 Å². The summed E-state index contributed by atoms with van der Waals surface area (Å²) in [4.78, 5) is 34.0. The lowest BCUT2D eigenvalue weighted by Crippen LogP contribution is -2.21. The van der Waals surface area contributed by atoms with Crippen molar-refractivity contribution >= 4 is 18.0 Å². The first-order valence-corrected chi connectivity index (χ1v) is 5.87. The largest absolute Gasteiger partial charge is 0.466 e. The summed E-state index contributed by atoms with van der Waals surface area (Å²) >= 11 is 0. The molecule has 1 aromatic carbocycles. The molecule has 0 aliphatic carbocycles. The number of ether oxygens (including phenoxy) is 1. The van der Waals surface area contributed by atoms with Crippen LogP contribution in [0.15, 0.2) is 30.3 Å². The summed E-state index contributed by atoms with van der Waals surface area (Å²) in [6.45, 7) is 1.93. The van der Waals surface area contributed by atoms with Crippen molar-refractivity contribution in [2.75, 3.05) is 6.61 Å². The van der Waals surface area contributed by atoms with Gasteiger partial charge in [-0.3, -0.25) is 9.59 Å². The molecule has 0 fully saturated rings. The summed E-state index contributed by atoms with van der Waals surface area (Å²) in [5, 5.41) is 0. The second-order valence-corrected chi connectivity index (χ2v) is 3.84. The van der Waals surface area contributed by atoms with Crippen LogP contribution in [-0.4, -0.2) is 24.6 Å². The Morgan fingerprint density at radius 1 is 1.28 bits per heavy atom. The van der Waals surface area contributed by atoms with E-state index >= 15 is 0 Å². The van der Waals surface area contributed by atoms with Crippen LogP contribution in [0.2, 0.25) is 0 Å². The van der Waals surface area contributed by atoms with E-state index in [1.807, 2.05) is 6.07 Å². The fourth-order valence-electron chi connectivity index (χ4n) is 1.60. The van der Waals surface area contributed by atoms with E-state index in [0.29, 0.717) is 11.8 Å². The van der Waals surface area contributed by atoms with Crippen molar-refractivity contribution in [3.05, 3.63) is 35.9 Å². The topological polar surface area (TPSA) is 60.4 Å². The monoisotopic (exact) mass is 248 g/mol. The zero-order chi connectivity index (χ0) is 13.4. The van der Waals surface area contributed by atoms with E-state index in [-0.39, 0.29) is 25.2 Å². The van der Waals surface area contributed by atoms with Crippen LogP contribution in [0.3, 0.4) is 0 Å². The van der Waals surface area contributed by atoms with E-state index in [0.717, 1.165) is 0 Å². The molecule has 18 heavy (non-hydrogen) atoms. The molecule has 0 bridgehead atoms. The van der Waals surface area contributed by atoms with E-state index in [1.54, 1.807) is 31.2 Å². The minimum absolute atomic E-state index is 0.00157. The molecule has 0 spiro atoms. The van der Waals surface area contributed by atoms with Gasteiger partial charge in [0.15, 0.2) is 5.78 Å². The minimum atomic E-state index is -0.685. The Labute approximate surface area is 106 Å². The van der Waals surface area contributed by atoms with E-state index in [4.69, 9.17) is 4.74 Å². The first-order valence-electron chi connectivity index (χ1n) is 5.87. The van der Waals surface area contributed by atoms with Crippen molar-refractivity contribution in [1.82, 2.24) is 0 Å². The van der Waals surface area contributed by atoms with Gasteiger partial charge in [-0.2, -0.15) is 0 Å². The van der Waals surface area contributed by atoms with Gasteiger partial charge in [-0.15, -0.1) is 0 Å². The number of esters is 1. The van der Waals surface area contributed by atoms with Crippen molar-refractivity contribution in [1.29, 1.82) is 0 Å². The van der Waals surface area contributed by atoms with Crippen LogP contribution >= 0.6 is 0 Å². The third kappa shape index (κ3) is 4.13. The molecule has 4 heteroatoms. The summed E-state index contributed by atoms with van der Waals surface area (Å²) in [5.74, 6) is -1.33. The number of aldehydes is 1. The summed E-state index contributed by atoms with van der Waals surface area (Å²) in [6, 6.07) is 8.70. The smallest absolute Gasteiger partial charge is 0.309 e. The Bertz CT molecular complexity index is 411. The maximum atomic E-state index is 11.9. The van der Waals surface area contributed by atoms with Crippen LogP contribution in [0.4, 0.5) is 0 Å². The second-order valence-electron chi connectivity index (χ2n) is 3.84. The molecule has 1 atom stereocenters. The molecule has 0 amide bonds. The van der Waals surface area contributed by atoms with E-state index in [9.17, 15) is 14.4 Å². The lowest BCUT2D eigenvalue weighted by molar-refractivity contribution is -0.148. The van der Waals surface area contributed by atoms with Gasteiger partial charge in [0, 0.05) is 18.4 Å². The maximum Gasteiger partial charge on any atom is 0.309 e. The molecule has 0 saturated carbocycles. The molecule has 0 aromatic heterocycles. The summed E-state index contributed by atoms with van der Waals surface area (Å²) in [5.41, 5.74) is 0.540. The molecule has 0 radical (unpaired) electrons. The molecule has 4 nitrogen and oxygen atoms in total. The van der Waals surface area contributed by atoms with Crippen molar-refractivity contribution < 1.29 is 19.1 Å². The van der Waals surface area contributed by atoms with Gasteiger partial charge in [0.25, 0.3) is 0 Å². The highest BCUT2D eigenvalue weighted by Crippen LogP contribution is 2.14. The third-order valence-corrected chi connectivity index (χ3v) is 2.53. The second kappa shape index (κ2) is 7.37. The van der Waals surface area contributed by atoms with Crippen LogP contribution in [0.25, 0.3) is 0 Å². The third-order valence-electron chi connectivity index (χ3n) is 2.53. The number of hydrogen-bond donors (Lipinski definition) is 0. The highest BCUT2D eigenvalue weighted by atomic mass is 16.5. The number of benzene rings is 1. The zero-order valence-corrected chi connectivity index (χ0v) is 10.3. The molecule has 96 valence electrons. The summed E-state index contributed by atoms with van der Waals surface area (Å²) in [7, 11) is 0. The predicted molar refractivity (Wildman–Crippen MR) is 66.2 cm³/mol. The minimum Gasteiger partial charge on any atom is -0.466 e. The van der Waals surface area contributed by atoms with E-state index in [1.165, 1.54) is 0 Å². The van der Waals surface area contributed by atoms with Crippen LogP contribution in [0.5, 0.6) is 0 Å². The van der Waals surface area contributed by atoms with Gasteiger partial charge in [0.1, 0.15) is 6.29 Å². The van der Waals surface area contributed by atoms with Gasteiger partial charge in [0.05, 0.1) is 12.5 Å². The van der Waals surface area contributed by atoms with Crippen molar-refractivity contribution in [2.45, 2.75) is 19.8 Å². The summed E-state index contributed by atoms with van der Waals surface area (Å²) in [6.07, 6.45) is 0.652. The van der Waals surface area contributed by atoms with Gasteiger partial charge < -0.3 is 9.53 Å². The van der Waals surface area contributed by atoms with Gasteiger partial charge in [-0.1, -0.05) is 30.3 Å². The van der Waals surface area contributed by atoms with Crippen LogP contribution in [0, 0.1) is 5.92 Å².